The van der Waals surface area contributed by atoms with Crippen molar-refractivity contribution < 1.29 is 19.5 Å². The molecule has 1 aliphatic heterocycles. The zero-order valence-electron chi connectivity index (χ0n) is 8.51. The number of carbonyl (C=O) groups is 3. The first kappa shape index (κ1) is 10.4. The second-order valence-corrected chi connectivity index (χ2v) is 3.55. The summed E-state index contributed by atoms with van der Waals surface area (Å²) in [5.41, 5.74) is 0.729. The average Bonchev–Trinajstić information content (AvgIpc) is 2.26. The molecule has 82 valence electrons. The molecule has 1 aromatic carbocycles. The van der Waals surface area contributed by atoms with Crippen molar-refractivity contribution in [1.29, 1.82) is 0 Å². The third-order valence-electron chi connectivity index (χ3n) is 2.62. The largest absolute Gasteiger partial charge is 0.480 e. The molecule has 2 rings (SSSR count). The Bertz CT molecular complexity index is 495. The maximum atomic E-state index is 11.8. The minimum Gasteiger partial charge on any atom is -0.480 e. The second kappa shape index (κ2) is 3.44. The van der Waals surface area contributed by atoms with E-state index in [9.17, 15) is 14.4 Å². The summed E-state index contributed by atoms with van der Waals surface area (Å²) in [6, 6.07) is 6.47. The van der Waals surface area contributed by atoms with Gasteiger partial charge in [0, 0.05) is 12.6 Å². The van der Waals surface area contributed by atoms with E-state index in [2.05, 4.69) is 0 Å². The van der Waals surface area contributed by atoms with E-state index >= 15 is 0 Å². The number of Topliss-reactive ketones (excluding diaryl/α,β-unsaturated/α-hetero) is 1. The van der Waals surface area contributed by atoms with Gasteiger partial charge in [-0.25, -0.2) is 0 Å². The monoisotopic (exact) mass is 219 g/mol. The number of nitrogens with zero attached hydrogens (tertiary/aromatic N) is 1. The molecule has 5 nitrogen and oxygen atoms in total. The molecule has 1 amide bonds. The van der Waals surface area contributed by atoms with E-state index in [-0.39, 0.29) is 5.56 Å². The quantitative estimate of drug-likeness (QED) is 0.700. The van der Waals surface area contributed by atoms with Crippen LogP contribution in [0, 0.1) is 5.92 Å². The Balaban J connectivity index is 2.60. The van der Waals surface area contributed by atoms with Crippen LogP contribution in [-0.4, -0.2) is 29.8 Å². The van der Waals surface area contributed by atoms with E-state index in [0.717, 1.165) is 0 Å². The number of rotatable bonds is 1. The zero-order chi connectivity index (χ0) is 11.9. The van der Waals surface area contributed by atoms with Crippen molar-refractivity contribution in [2.75, 3.05) is 11.9 Å². The smallest absolute Gasteiger partial charge is 0.324 e. The van der Waals surface area contributed by atoms with Crippen molar-refractivity contribution in [2.45, 2.75) is 0 Å². The molecule has 0 spiro atoms. The number of benzene rings is 1. The molecule has 0 unspecified atom stereocenters. The SMILES string of the molecule is CN1C(=O)[C@H](C(=O)O)C(=O)c2ccccc21. The predicted molar refractivity (Wildman–Crippen MR) is 55.3 cm³/mol. The second-order valence-electron chi connectivity index (χ2n) is 3.55. The Morgan fingerprint density at radius 3 is 2.56 bits per heavy atom. The normalized spacial score (nSPS) is 19.6. The van der Waals surface area contributed by atoms with E-state index in [1.165, 1.54) is 18.0 Å². The lowest BCUT2D eigenvalue weighted by Crippen LogP contribution is -2.46. The molecule has 1 N–H and O–H groups in total. The van der Waals surface area contributed by atoms with Crippen molar-refractivity contribution in [3.8, 4) is 0 Å². The van der Waals surface area contributed by atoms with E-state index in [0.29, 0.717) is 5.69 Å². The first-order chi connectivity index (χ1) is 7.54. The summed E-state index contributed by atoms with van der Waals surface area (Å²) in [4.78, 5) is 35.5. The van der Waals surface area contributed by atoms with Gasteiger partial charge in [-0.3, -0.25) is 14.4 Å². The van der Waals surface area contributed by atoms with E-state index in [1.807, 2.05) is 0 Å². The Morgan fingerprint density at radius 2 is 1.94 bits per heavy atom. The molecule has 0 saturated heterocycles. The molecule has 0 aromatic heterocycles. The van der Waals surface area contributed by atoms with Crippen molar-refractivity contribution in [3.05, 3.63) is 29.8 Å². The predicted octanol–water partition coefficient (Wildman–Crippen LogP) is 0.546. The van der Waals surface area contributed by atoms with Crippen LogP contribution in [0.25, 0.3) is 0 Å². The van der Waals surface area contributed by atoms with Gasteiger partial charge in [0.15, 0.2) is 11.7 Å². The minimum atomic E-state index is -1.61. The first-order valence-electron chi connectivity index (χ1n) is 4.67. The number of hydrogen-bond donors (Lipinski definition) is 1. The number of fused-ring (bicyclic) bond motifs is 1. The van der Waals surface area contributed by atoms with Gasteiger partial charge in [0.05, 0.1) is 5.69 Å². The Morgan fingerprint density at radius 1 is 1.31 bits per heavy atom. The van der Waals surface area contributed by atoms with Gasteiger partial charge < -0.3 is 10.0 Å². The molecule has 16 heavy (non-hydrogen) atoms. The van der Waals surface area contributed by atoms with Crippen LogP contribution in [0.5, 0.6) is 0 Å². The molecular formula is C11H9NO4. The molecule has 0 fully saturated rings. The van der Waals surface area contributed by atoms with Gasteiger partial charge in [0.25, 0.3) is 0 Å². The molecule has 0 bridgehead atoms. The standard InChI is InChI=1S/C11H9NO4/c1-12-7-5-3-2-4-6(7)9(13)8(10(12)14)11(15)16/h2-5,8H,1H3,(H,15,16)/t8-/m1/s1. The van der Waals surface area contributed by atoms with Gasteiger partial charge in [-0.1, -0.05) is 12.1 Å². The fraction of sp³-hybridized carbons (Fsp3) is 0.182. The maximum absolute atomic E-state index is 11.8. The molecule has 1 aliphatic rings. The fourth-order valence-corrected chi connectivity index (χ4v) is 1.77. The molecule has 1 aromatic rings. The van der Waals surface area contributed by atoms with Crippen LogP contribution in [0.15, 0.2) is 24.3 Å². The summed E-state index contributed by atoms with van der Waals surface area (Å²) in [6.07, 6.45) is 0. The average molecular weight is 219 g/mol. The van der Waals surface area contributed by atoms with Crippen molar-refractivity contribution in [3.63, 3.8) is 0 Å². The number of carbonyl (C=O) groups excluding carboxylic acids is 2. The van der Waals surface area contributed by atoms with Crippen molar-refractivity contribution in [1.82, 2.24) is 0 Å². The van der Waals surface area contributed by atoms with Gasteiger partial charge in [0.1, 0.15) is 0 Å². The van der Waals surface area contributed by atoms with Gasteiger partial charge in [-0.15, -0.1) is 0 Å². The molecule has 1 atom stereocenters. The zero-order valence-corrected chi connectivity index (χ0v) is 8.51. The summed E-state index contributed by atoms with van der Waals surface area (Å²) in [5, 5.41) is 8.85. The van der Waals surface area contributed by atoms with Gasteiger partial charge in [0.2, 0.25) is 5.91 Å². The third kappa shape index (κ3) is 1.29. The lowest BCUT2D eigenvalue weighted by atomic mass is 9.91. The Kier molecular flexibility index (Phi) is 2.23. The molecule has 0 aliphatic carbocycles. The third-order valence-corrected chi connectivity index (χ3v) is 2.62. The van der Waals surface area contributed by atoms with E-state index in [1.54, 1.807) is 18.2 Å². The van der Waals surface area contributed by atoms with Crippen LogP contribution >= 0.6 is 0 Å². The van der Waals surface area contributed by atoms with Crippen LogP contribution in [0.4, 0.5) is 5.69 Å². The van der Waals surface area contributed by atoms with Crippen LogP contribution < -0.4 is 4.90 Å². The number of para-hydroxylation sites is 1. The number of carboxylic acids is 1. The number of carboxylic acid groups (broad SMARTS) is 1. The number of anilines is 1. The highest BCUT2D eigenvalue weighted by atomic mass is 16.4. The van der Waals surface area contributed by atoms with E-state index < -0.39 is 23.6 Å². The van der Waals surface area contributed by atoms with Crippen LogP contribution in [0.3, 0.4) is 0 Å². The van der Waals surface area contributed by atoms with Gasteiger partial charge in [-0.2, -0.15) is 0 Å². The fourth-order valence-electron chi connectivity index (χ4n) is 1.77. The van der Waals surface area contributed by atoms with Crippen molar-refractivity contribution in [2.24, 2.45) is 5.92 Å². The summed E-state index contributed by atoms with van der Waals surface area (Å²) in [7, 11) is 1.46. The minimum absolute atomic E-state index is 0.275. The summed E-state index contributed by atoms with van der Waals surface area (Å²) >= 11 is 0. The van der Waals surface area contributed by atoms with Crippen LogP contribution in [0.1, 0.15) is 10.4 Å². The molecule has 1 heterocycles. The van der Waals surface area contributed by atoms with Crippen LogP contribution in [0.2, 0.25) is 0 Å². The summed E-state index contributed by atoms with van der Waals surface area (Å²) in [5.74, 6) is -4.36. The lowest BCUT2D eigenvalue weighted by Gasteiger charge is -2.28. The maximum Gasteiger partial charge on any atom is 0.324 e. The highest BCUT2D eigenvalue weighted by Gasteiger charge is 2.42. The first-order valence-corrected chi connectivity index (χ1v) is 4.67. The molecule has 0 radical (unpaired) electrons. The van der Waals surface area contributed by atoms with Gasteiger partial charge >= 0.3 is 5.97 Å². The molecular weight excluding hydrogens is 210 g/mol. The summed E-state index contributed by atoms with van der Waals surface area (Å²) in [6.45, 7) is 0. The summed E-state index contributed by atoms with van der Waals surface area (Å²) < 4.78 is 0. The van der Waals surface area contributed by atoms with Crippen LogP contribution in [-0.2, 0) is 9.59 Å². The molecule has 5 heteroatoms. The number of hydrogen-bond acceptors (Lipinski definition) is 3. The number of aliphatic carboxylic acids is 1. The lowest BCUT2D eigenvalue weighted by molar-refractivity contribution is -0.144. The van der Waals surface area contributed by atoms with E-state index in [4.69, 9.17) is 5.11 Å². The topological polar surface area (TPSA) is 74.7 Å². The molecule has 0 saturated carbocycles. The highest BCUT2D eigenvalue weighted by molar-refractivity contribution is 6.29. The number of ketones is 1. The number of amides is 1. The van der Waals surface area contributed by atoms with Gasteiger partial charge in [-0.05, 0) is 12.1 Å². The van der Waals surface area contributed by atoms with Crippen molar-refractivity contribution >= 4 is 23.3 Å². The highest BCUT2D eigenvalue weighted by Crippen LogP contribution is 2.29. The Hall–Kier alpha value is -2.17. The Labute approximate surface area is 91.3 Å².